The molecular formula is C38H23BrN2. The smallest absolute Gasteiger partial charge is 0.0656 e. The molecule has 192 valence electrons. The second-order valence-corrected chi connectivity index (χ2v) is 11.5. The van der Waals surface area contributed by atoms with E-state index in [-0.39, 0.29) is 0 Å². The maximum atomic E-state index is 4.12. The Bertz CT molecular complexity index is 2320. The van der Waals surface area contributed by atoms with Crippen molar-refractivity contribution in [2.45, 2.75) is 0 Å². The van der Waals surface area contributed by atoms with Crippen LogP contribution in [0.3, 0.4) is 0 Å². The topological polar surface area (TPSA) is 9.86 Å². The molecule has 0 N–H and O–H groups in total. The Morgan fingerprint density at radius 2 is 0.732 bits per heavy atom. The molecule has 9 aromatic rings. The molecule has 41 heavy (non-hydrogen) atoms. The molecule has 2 aromatic heterocycles. The molecule has 0 saturated carbocycles. The van der Waals surface area contributed by atoms with Gasteiger partial charge in [0.25, 0.3) is 0 Å². The molecule has 0 radical (unpaired) electrons. The first-order chi connectivity index (χ1) is 20.3. The van der Waals surface area contributed by atoms with Crippen LogP contribution in [0.4, 0.5) is 0 Å². The molecule has 3 heteroatoms. The molecule has 7 aromatic carbocycles. The third-order valence-electron chi connectivity index (χ3n) is 8.52. The van der Waals surface area contributed by atoms with E-state index in [1.54, 1.807) is 0 Å². The fourth-order valence-corrected chi connectivity index (χ4v) is 7.30. The fraction of sp³-hybridized carbons (Fsp3) is 0. The van der Waals surface area contributed by atoms with E-state index in [1.807, 2.05) is 0 Å². The van der Waals surface area contributed by atoms with E-state index in [4.69, 9.17) is 0 Å². The average Bonchev–Trinajstić information content (AvgIpc) is 3.51. The van der Waals surface area contributed by atoms with Crippen LogP contribution in [-0.2, 0) is 0 Å². The summed E-state index contributed by atoms with van der Waals surface area (Å²) in [5.41, 5.74) is 7.05. The van der Waals surface area contributed by atoms with Gasteiger partial charge >= 0.3 is 0 Å². The van der Waals surface area contributed by atoms with Crippen LogP contribution in [0.15, 0.2) is 144 Å². The van der Waals surface area contributed by atoms with Gasteiger partial charge in [0.15, 0.2) is 0 Å². The van der Waals surface area contributed by atoms with E-state index >= 15 is 0 Å². The van der Waals surface area contributed by atoms with Crippen molar-refractivity contribution in [3.63, 3.8) is 0 Å². The Morgan fingerprint density at radius 3 is 1.20 bits per heavy atom. The van der Waals surface area contributed by atoms with E-state index in [0.717, 1.165) is 15.8 Å². The Hall–Kier alpha value is -4.86. The molecule has 0 unspecified atom stereocenters. The Kier molecular flexibility index (Phi) is 4.79. The molecule has 0 spiro atoms. The molecule has 0 saturated heterocycles. The second kappa shape index (κ2) is 8.57. The number of para-hydroxylation sites is 2. The number of nitrogens with zero attached hydrogens (tertiary/aromatic N) is 2. The molecule has 0 fully saturated rings. The lowest BCUT2D eigenvalue weighted by molar-refractivity contribution is 1.12. The number of hydrogen-bond acceptors (Lipinski definition) is 0. The summed E-state index contributed by atoms with van der Waals surface area (Å²) in [5.74, 6) is 0. The number of halogens is 1. The van der Waals surface area contributed by atoms with Gasteiger partial charge in [0.05, 0.1) is 37.9 Å². The molecule has 0 aliphatic heterocycles. The van der Waals surface area contributed by atoms with E-state index < -0.39 is 0 Å². The highest BCUT2D eigenvalue weighted by atomic mass is 79.9. The van der Waals surface area contributed by atoms with Gasteiger partial charge in [-0.15, -0.1) is 0 Å². The van der Waals surface area contributed by atoms with Crippen LogP contribution in [0, 0.1) is 0 Å². The molecule has 0 bridgehead atoms. The summed E-state index contributed by atoms with van der Waals surface area (Å²) in [6.45, 7) is 0. The van der Waals surface area contributed by atoms with Crippen LogP contribution in [0.25, 0.3) is 76.5 Å². The number of aromatic nitrogens is 2. The van der Waals surface area contributed by atoms with E-state index in [0.29, 0.717) is 0 Å². The minimum absolute atomic E-state index is 1.06. The largest absolute Gasteiger partial charge is 0.308 e. The van der Waals surface area contributed by atoms with Crippen molar-refractivity contribution in [1.29, 1.82) is 0 Å². The highest BCUT2D eigenvalue weighted by Crippen LogP contribution is 2.41. The SMILES string of the molecule is Brc1c(-n2c3ccccc3c3cc4ccccc4cc32)cccc1-n1c2ccccc2c2cc3ccccc3cc21. The molecular weight excluding hydrogens is 564 g/mol. The number of hydrogen-bond donors (Lipinski definition) is 0. The zero-order valence-electron chi connectivity index (χ0n) is 22.1. The van der Waals surface area contributed by atoms with E-state index in [1.165, 1.54) is 65.2 Å². The van der Waals surface area contributed by atoms with Gasteiger partial charge in [-0.1, -0.05) is 91.0 Å². The monoisotopic (exact) mass is 586 g/mol. The molecule has 2 heterocycles. The summed E-state index contributed by atoms with van der Waals surface area (Å²) in [6.07, 6.45) is 0. The lowest BCUT2D eigenvalue weighted by atomic mass is 10.1. The van der Waals surface area contributed by atoms with Gasteiger partial charge in [-0.05, 0) is 86.0 Å². The van der Waals surface area contributed by atoms with Gasteiger partial charge in [-0.3, -0.25) is 0 Å². The normalized spacial score (nSPS) is 12.0. The molecule has 9 rings (SSSR count). The number of fused-ring (bicyclic) bond motifs is 8. The summed E-state index contributed by atoms with van der Waals surface area (Å²) in [7, 11) is 0. The maximum absolute atomic E-state index is 4.12. The van der Waals surface area contributed by atoms with Crippen LogP contribution >= 0.6 is 15.9 Å². The average molecular weight is 588 g/mol. The number of benzene rings is 7. The lowest BCUT2D eigenvalue weighted by Crippen LogP contribution is -2.01. The van der Waals surface area contributed by atoms with Crippen LogP contribution < -0.4 is 0 Å². The fourth-order valence-electron chi connectivity index (χ4n) is 6.68. The van der Waals surface area contributed by atoms with Crippen molar-refractivity contribution in [2.24, 2.45) is 0 Å². The van der Waals surface area contributed by atoms with Crippen molar-refractivity contribution in [1.82, 2.24) is 9.13 Å². The summed E-state index contributed by atoms with van der Waals surface area (Å²) in [5, 5.41) is 10.0. The Labute approximate surface area is 244 Å². The van der Waals surface area contributed by atoms with Crippen LogP contribution in [0.5, 0.6) is 0 Å². The molecule has 0 atom stereocenters. The predicted octanol–water partition coefficient (Wildman–Crippen LogP) is 10.9. The van der Waals surface area contributed by atoms with Crippen molar-refractivity contribution in [3.05, 3.63) is 144 Å². The first-order valence-corrected chi connectivity index (χ1v) is 14.7. The first kappa shape index (κ1) is 22.9. The molecule has 0 aliphatic carbocycles. The quantitative estimate of drug-likeness (QED) is 0.190. The summed E-state index contributed by atoms with van der Waals surface area (Å²) in [6, 6.07) is 50.7. The standard InChI is InChI=1S/C38H23BrN2/c39-38-34(40-32-16-7-5-14-28(32)30-20-24-10-1-3-12-26(24)22-36(30)40)18-9-19-35(38)41-33-17-8-6-15-29(33)31-21-25-11-2-4-13-27(25)23-37(31)41/h1-23H. The first-order valence-electron chi connectivity index (χ1n) is 13.9. The van der Waals surface area contributed by atoms with Crippen molar-refractivity contribution in [2.75, 3.05) is 0 Å². The predicted molar refractivity (Wildman–Crippen MR) is 178 cm³/mol. The minimum atomic E-state index is 1.06. The lowest BCUT2D eigenvalue weighted by Gasteiger charge is -2.16. The molecule has 2 nitrogen and oxygen atoms in total. The third kappa shape index (κ3) is 3.24. The van der Waals surface area contributed by atoms with Crippen molar-refractivity contribution < 1.29 is 0 Å². The van der Waals surface area contributed by atoms with Gasteiger partial charge in [-0.25, -0.2) is 0 Å². The van der Waals surface area contributed by atoms with Gasteiger partial charge < -0.3 is 9.13 Å². The Balaban J connectivity index is 1.39. The highest BCUT2D eigenvalue weighted by Gasteiger charge is 2.19. The molecule has 0 amide bonds. The Morgan fingerprint density at radius 1 is 0.341 bits per heavy atom. The summed E-state index contributed by atoms with van der Waals surface area (Å²) in [4.78, 5) is 0. The van der Waals surface area contributed by atoms with Crippen LogP contribution in [0.2, 0.25) is 0 Å². The van der Waals surface area contributed by atoms with Crippen LogP contribution in [-0.4, -0.2) is 9.13 Å². The second-order valence-electron chi connectivity index (χ2n) is 10.7. The van der Waals surface area contributed by atoms with Crippen molar-refractivity contribution in [3.8, 4) is 11.4 Å². The summed E-state index contributed by atoms with van der Waals surface area (Å²) < 4.78 is 5.88. The summed E-state index contributed by atoms with van der Waals surface area (Å²) >= 11 is 4.12. The zero-order chi connectivity index (χ0) is 27.1. The van der Waals surface area contributed by atoms with Gasteiger partial charge in [0, 0.05) is 21.5 Å². The zero-order valence-corrected chi connectivity index (χ0v) is 23.6. The highest BCUT2D eigenvalue weighted by molar-refractivity contribution is 9.10. The third-order valence-corrected chi connectivity index (χ3v) is 9.33. The van der Waals surface area contributed by atoms with E-state index in [2.05, 4.69) is 165 Å². The van der Waals surface area contributed by atoms with Gasteiger partial charge in [-0.2, -0.15) is 0 Å². The van der Waals surface area contributed by atoms with E-state index in [9.17, 15) is 0 Å². The minimum Gasteiger partial charge on any atom is -0.308 e. The van der Waals surface area contributed by atoms with Crippen molar-refractivity contribution >= 4 is 81.1 Å². The maximum Gasteiger partial charge on any atom is 0.0656 e. The molecule has 0 aliphatic rings. The van der Waals surface area contributed by atoms with Gasteiger partial charge in [0.2, 0.25) is 0 Å². The van der Waals surface area contributed by atoms with Gasteiger partial charge in [0.1, 0.15) is 0 Å². The number of rotatable bonds is 2. The van der Waals surface area contributed by atoms with Crippen LogP contribution in [0.1, 0.15) is 0 Å².